The molecule has 0 spiro atoms. The molecule has 4 aromatic rings. The molecule has 0 radical (unpaired) electrons. The molecule has 0 saturated carbocycles. The minimum absolute atomic E-state index is 0.253. The van der Waals surface area contributed by atoms with Crippen molar-refractivity contribution in [3.63, 3.8) is 0 Å². The van der Waals surface area contributed by atoms with Crippen LogP contribution < -0.4 is 10.1 Å². The zero-order chi connectivity index (χ0) is 19.2. The van der Waals surface area contributed by atoms with E-state index in [0.717, 1.165) is 0 Å². The first-order valence-corrected chi connectivity index (χ1v) is 8.54. The molecule has 0 aliphatic carbocycles. The highest BCUT2D eigenvalue weighted by atomic mass is 16.5. The van der Waals surface area contributed by atoms with Crippen LogP contribution in [0.5, 0.6) is 11.6 Å². The van der Waals surface area contributed by atoms with Gasteiger partial charge in [-0.2, -0.15) is 0 Å². The van der Waals surface area contributed by atoms with Gasteiger partial charge in [-0.15, -0.1) is 10.2 Å². The van der Waals surface area contributed by atoms with Gasteiger partial charge in [0.2, 0.25) is 11.8 Å². The van der Waals surface area contributed by atoms with Crippen LogP contribution in [-0.2, 0) is 4.79 Å². The Bertz CT molecular complexity index is 1050. The van der Waals surface area contributed by atoms with Crippen molar-refractivity contribution in [1.82, 2.24) is 14.8 Å². The van der Waals surface area contributed by atoms with Gasteiger partial charge in [-0.1, -0.05) is 0 Å². The van der Waals surface area contributed by atoms with Gasteiger partial charge < -0.3 is 19.0 Å². The number of ether oxygens (including phenoxy) is 1. The first kappa shape index (κ1) is 17.3. The number of nitrogens with one attached hydrogen (secondary N) is 1. The Labute approximate surface area is 160 Å². The molecular weight excluding hydrogens is 356 g/mol. The van der Waals surface area contributed by atoms with E-state index in [9.17, 15) is 4.79 Å². The normalized spacial score (nSPS) is 10.9. The summed E-state index contributed by atoms with van der Waals surface area (Å²) in [6.07, 6.45) is 8.34. The minimum Gasteiger partial charge on any atom is -0.465 e. The quantitative estimate of drug-likeness (QED) is 0.510. The Morgan fingerprint density at radius 1 is 1.00 bits per heavy atom. The monoisotopic (exact) mass is 372 g/mol. The lowest BCUT2D eigenvalue weighted by molar-refractivity contribution is -0.111. The van der Waals surface area contributed by atoms with Crippen molar-refractivity contribution in [3.05, 3.63) is 91.2 Å². The maximum atomic E-state index is 11.9. The third-order valence-corrected chi connectivity index (χ3v) is 3.78. The van der Waals surface area contributed by atoms with Crippen LogP contribution in [0.2, 0.25) is 0 Å². The molecule has 138 valence electrons. The number of rotatable bonds is 6. The van der Waals surface area contributed by atoms with Gasteiger partial charge in [0.15, 0.2) is 5.82 Å². The summed E-state index contributed by atoms with van der Waals surface area (Å²) in [5, 5.41) is 11.0. The van der Waals surface area contributed by atoms with E-state index < -0.39 is 0 Å². The van der Waals surface area contributed by atoms with Gasteiger partial charge in [-0.3, -0.25) is 4.79 Å². The largest absolute Gasteiger partial charge is 0.465 e. The Morgan fingerprint density at radius 3 is 2.50 bits per heavy atom. The Hall–Kier alpha value is -4.13. The maximum Gasteiger partial charge on any atom is 0.248 e. The summed E-state index contributed by atoms with van der Waals surface area (Å²) < 4.78 is 12.7. The summed E-state index contributed by atoms with van der Waals surface area (Å²) in [5.74, 6) is 2.04. The second kappa shape index (κ2) is 8.05. The molecule has 1 aromatic carbocycles. The molecule has 3 heterocycles. The average Bonchev–Trinajstić information content (AvgIpc) is 3.43. The van der Waals surface area contributed by atoms with Gasteiger partial charge in [-0.25, -0.2) is 0 Å². The van der Waals surface area contributed by atoms with Gasteiger partial charge in [-0.05, 0) is 60.7 Å². The number of nitrogens with zero attached hydrogens (tertiary/aromatic N) is 3. The number of furan rings is 1. The van der Waals surface area contributed by atoms with Crippen molar-refractivity contribution >= 4 is 17.7 Å². The number of aromatic nitrogens is 3. The van der Waals surface area contributed by atoms with Crippen LogP contribution in [0.1, 0.15) is 5.76 Å². The first-order chi connectivity index (χ1) is 13.8. The summed E-state index contributed by atoms with van der Waals surface area (Å²) in [5.41, 5.74) is 0.649. The van der Waals surface area contributed by atoms with Gasteiger partial charge >= 0.3 is 0 Å². The van der Waals surface area contributed by atoms with Crippen molar-refractivity contribution in [2.75, 3.05) is 5.32 Å². The fourth-order valence-corrected chi connectivity index (χ4v) is 2.45. The zero-order valence-corrected chi connectivity index (χ0v) is 14.7. The minimum atomic E-state index is -0.253. The Kier molecular flexibility index (Phi) is 4.97. The van der Waals surface area contributed by atoms with E-state index in [1.807, 2.05) is 35.2 Å². The fraction of sp³-hybridized carbons (Fsp3) is 0. The second-order valence-corrected chi connectivity index (χ2v) is 5.78. The van der Waals surface area contributed by atoms with E-state index in [2.05, 4.69) is 15.5 Å². The number of hydrogen-bond acceptors (Lipinski definition) is 5. The molecule has 7 heteroatoms. The lowest BCUT2D eigenvalue weighted by Gasteiger charge is -2.07. The van der Waals surface area contributed by atoms with Crippen LogP contribution in [0.15, 0.2) is 89.8 Å². The molecule has 0 aliphatic rings. The molecular formula is C21H16N4O3. The highest BCUT2D eigenvalue weighted by Crippen LogP contribution is 2.21. The van der Waals surface area contributed by atoms with Gasteiger partial charge in [0.05, 0.1) is 6.26 Å². The highest BCUT2D eigenvalue weighted by Gasteiger charge is 2.03. The third kappa shape index (κ3) is 4.34. The topological polar surface area (TPSA) is 82.2 Å². The maximum absolute atomic E-state index is 11.9. The van der Waals surface area contributed by atoms with E-state index in [0.29, 0.717) is 28.9 Å². The summed E-state index contributed by atoms with van der Waals surface area (Å²) in [6, 6.07) is 17.9. The number of benzene rings is 1. The SMILES string of the molecule is O=C(/C=C/c1ccco1)Nc1ccc(Oc2ccc(-n3cccc3)nn2)cc1. The van der Waals surface area contributed by atoms with E-state index >= 15 is 0 Å². The number of carbonyl (C=O) groups excluding carboxylic acids is 1. The van der Waals surface area contributed by atoms with Crippen LogP contribution in [0.4, 0.5) is 5.69 Å². The van der Waals surface area contributed by atoms with E-state index in [-0.39, 0.29) is 5.91 Å². The molecule has 0 aliphatic heterocycles. The van der Waals surface area contributed by atoms with Crippen LogP contribution in [0.25, 0.3) is 11.9 Å². The Morgan fingerprint density at radius 2 is 1.82 bits per heavy atom. The second-order valence-electron chi connectivity index (χ2n) is 5.78. The van der Waals surface area contributed by atoms with Crippen molar-refractivity contribution in [3.8, 4) is 17.4 Å². The molecule has 1 amide bonds. The molecule has 7 nitrogen and oxygen atoms in total. The van der Waals surface area contributed by atoms with Gasteiger partial charge in [0.25, 0.3) is 0 Å². The third-order valence-electron chi connectivity index (χ3n) is 3.78. The number of hydrogen-bond donors (Lipinski definition) is 1. The molecule has 0 unspecified atom stereocenters. The number of carbonyl (C=O) groups is 1. The molecule has 28 heavy (non-hydrogen) atoms. The average molecular weight is 372 g/mol. The van der Waals surface area contributed by atoms with Gasteiger partial charge in [0, 0.05) is 30.2 Å². The first-order valence-electron chi connectivity index (χ1n) is 8.54. The lowest BCUT2D eigenvalue weighted by atomic mass is 10.3. The molecule has 0 saturated heterocycles. The van der Waals surface area contributed by atoms with Crippen LogP contribution in [0.3, 0.4) is 0 Å². The van der Waals surface area contributed by atoms with E-state index in [4.69, 9.17) is 9.15 Å². The Balaban J connectivity index is 1.34. The number of anilines is 1. The number of amides is 1. The fourth-order valence-electron chi connectivity index (χ4n) is 2.45. The summed E-state index contributed by atoms with van der Waals surface area (Å²) in [7, 11) is 0. The van der Waals surface area contributed by atoms with Gasteiger partial charge in [0.1, 0.15) is 11.5 Å². The van der Waals surface area contributed by atoms with Crippen molar-refractivity contribution < 1.29 is 13.9 Å². The predicted molar refractivity (Wildman–Crippen MR) is 104 cm³/mol. The molecule has 3 aromatic heterocycles. The molecule has 0 fully saturated rings. The van der Waals surface area contributed by atoms with Crippen molar-refractivity contribution in [1.29, 1.82) is 0 Å². The predicted octanol–water partition coefficient (Wildman–Crippen LogP) is 4.30. The zero-order valence-electron chi connectivity index (χ0n) is 14.7. The summed E-state index contributed by atoms with van der Waals surface area (Å²) >= 11 is 0. The van der Waals surface area contributed by atoms with Crippen LogP contribution in [0, 0.1) is 0 Å². The lowest BCUT2D eigenvalue weighted by Crippen LogP contribution is -2.07. The highest BCUT2D eigenvalue weighted by molar-refractivity contribution is 6.01. The van der Waals surface area contributed by atoms with Crippen molar-refractivity contribution in [2.45, 2.75) is 0 Å². The molecule has 0 atom stereocenters. The smallest absolute Gasteiger partial charge is 0.248 e. The molecule has 4 rings (SSSR count). The van der Waals surface area contributed by atoms with Crippen LogP contribution >= 0.6 is 0 Å². The standard InChI is InChI=1S/C21H16N4O3/c26-20(11-9-17-4-3-15-27-17)22-16-5-7-18(8-6-16)28-21-12-10-19(23-24-21)25-13-1-2-14-25/h1-15H,(H,22,26)/b11-9+. The van der Waals surface area contributed by atoms with Crippen molar-refractivity contribution in [2.24, 2.45) is 0 Å². The summed E-state index contributed by atoms with van der Waals surface area (Å²) in [6.45, 7) is 0. The van der Waals surface area contributed by atoms with E-state index in [1.165, 1.54) is 6.08 Å². The summed E-state index contributed by atoms with van der Waals surface area (Å²) in [4.78, 5) is 11.9. The molecule has 0 bridgehead atoms. The molecule has 1 N–H and O–H groups in total. The van der Waals surface area contributed by atoms with Crippen LogP contribution in [-0.4, -0.2) is 20.7 Å². The van der Waals surface area contributed by atoms with E-state index in [1.54, 1.807) is 54.8 Å².